The summed E-state index contributed by atoms with van der Waals surface area (Å²) in [6.07, 6.45) is 1.81. The maximum atomic E-state index is 13.0. The van der Waals surface area contributed by atoms with Crippen molar-refractivity contribution in [1.29, 1.82) is 0 Å². The monoisotopic (exact) mass is 403 g/mol. The molecule has 2 fully saturated rings. The molecule has 7 heteroatoms. The van der Waals surface area contributed by atoms with E-state index in [1.54, 1.807) is 0 Å². The molecule has 5 rings (SSSR count). The summed E-state index contributed by atoms with van der Waals surface area (Å²) >= 11 is 0. The van der Waals surface area contributed by atoms with Gasteiger partial charge in [0.25, 0.3) is 5.91 Å². The SMILES string of the molecule is O=C(c1ccc2ccccc2c1)N1CCN(c2cc(N3CCOCC3)cnn2)CC1. The highest BCUT2D eigenvalue weighted by atomic mass is 16.5. The highest BCUT2D eigenvalue weighted by Gasteiger charge is 2.24. The lowest BCUT2D eigenvalue weighted by Gasteiger charge is -2.36. The maximum absolute atomic E-state index is 13.0. The molecule has 0 unspecified atom stereocenters. The largest absolute Gasteiger partial charge is 0.378 e. The molecule has 30 heavy (non-hydrogen) atoms. The molecule has 3 aromatic rings. The van der Waals surface area contributed by atoms with Gasteiger partial charge in [0.05, 0.1) is 25.1 Å². The molecule has 2 saturated heterocycles. The van der Waals surface area contributed by atoms with E-state index in [-0.39, 0.29) is 5.91 Å². The van der Waals surface area contributed by atoms with Crippen LogP contribution in [0.1, 0.15) is 10.4 Å². The van der Waals surface area contributed by atoms with Crippen LogP contribution in [0.5, 0.6) is 0 Å². The predicted molar refractivity (Wildman–Crippen MR) is 117 cm³/mol. The van der Waals surface area contributed by atoms with Gasteiger partial charge in [0.15, 0.2) is 5.82 Å². The second kappa shape index (κ2) is 8.28. The first-order chi connectivity index (χ1) is 14.8. The summed E-state index contributed by atoms with van der Waals surface area (Å²) in [5.41, 5.74) is 1.83. The van der Waals surface area contributed by atoms with Gasteiger partial charge in [0, 0.05) is 50.9 Å². The number of aromatic nitrogens is 2. The number of benzene rings is 2. The van der Waals surface area contributed by atoms with Crippen LogP contribution >= 0.6 is 0 Å². The highest BCUT2D eigenvalue weighted by Crippen LogP contribution is 2.22. The standard InChI is InChI=1S/C23H25N5O2/c29-23(20-6-5-18-3-1-2-4-19(18)15-20)28-9-7-27(8-10-28)22-16-21(17-24-25-22)26-11-13-30-14-12-26/h1-6,15-17H,7-14H2. The Morgan fingerprint density at radius 1 is 0.833 bits per heavy atom. The van der Waals surface area contributed by atoms with E-state index >= 15 is 0 Å². The van der Waals surface area contributed by atoms with Crippen LogP contribution in [0.25, 0.3) is 10.8 Å². The van der Waals surface area contributed by atoms with Gasteiger partial charge in [0.2, 0.25) is 0 Å². The van der Waals surface area contributed by atoms with Gasteiger partial charge >= 0.3 is 0 Å². The molecular formula is C23H25N5O2. The zero-order chi connectivity index (χ0) is 20.3. The Hall–Kier alpha value is -3.19. The smallest absolute Gasteiger partial charge is 0.253 e. The predicted octanol–water partition coefficient (Wildman–Crippen LogP) is 2.43. The van der Waals surface area contributed by atoms with Crippen LogP contribution in [0.15, 0.2) is 54.7 Å². The van der Waals surface area contributed by atoms with Crippen molar-refractivity contribution in [3.05, 3.63) is 60.3 Å². The Bertz CT molecular complexity index is 1040. The van der Waals surface area contributed by atoms with Crippen LogP contribution in [0.2, 0.25) is 0 Å². The van der Waals surface area contributed by atoms with Gasteiger partial charge in [-0.25, -0.2) is 0 Å². The van der Waals surface area contributed by atoms with Crippen molar-refractivity contribution in [2.45, 2.75) is 0 Å². The number of carbonyl (C=O) groups excluding carboxylic acids is 1. The zero-order valence-electron chi connectivity index (χ0n) is 16.9. The number of hydrogen-bond donors (Lipinski definition) is 0. The molecule has 1 amide bonds. The zero-order valence-corrected chi connectivity index (χ0v) is 16.9. The van der Waals surface area contributed by atoms with Gasteiger partial charge in [-0.15, -0.1) is 5.10 Å². The Labute approximate surface area is 175 Å². The van der Waals surface area contributed by atoms with Crippen molar-refractivity contribution in [3.63, 3.8) is 0 Å². The second-order valence-corrected chi connectivity index (χ2v) is 7.71. The summed E-state index contributed by atoms with van der Waals surface area (Å²) in [7, 11) is 0. The first-order valence-corrected chi connectivity index (χ1v) is 10.5. The first-order valence-electron chi connectivity index (χ1n) is 10.5. The van der Waals surface area contributed by atoms with Gasteiger partial charge in [-0.2, -0.15) is 5.10 Å². The molecule has 3 heterocycles. The van der Waals surface area contributed by atoms with Crippen molar-refractivity contribution >= 4 is 28.2 Å². The lowest BCUT2D eigenvalue weighted by atomic mass is 10.1. The van der Waals surface area contributed by atoms with E-state index in [4.69, 9.17) is 4.74 Å². The Kier molecular flexibility index (Phi) is 5.19. The number of carbonyl (C=O) groups is 1. The van der Waals surface area contributed by atoms with Crippen molar-refractivity contribution in [3.8, 4) is 0 Å². The third kappa shape index (κ3) is 3.80. The van der Waals surface area contributed by atoms with Gasteiger partial charge in [-0.1, -0.05) is 30.3 Å². The normalized spacial score (nSPS) is 17.4. The number of anilines is 2. The summed E-state index contributed by atoms with van der Waals surface area (Å²) in [6.45, 7) is 6.09. The van der Waals surface area contributed by atoms with E-state index in [1.165, 1.54) is 0 Å². The lowest BCUT2D eigenvalue weighted by Crippen LogP contribution is -2.49. The van der Waals surface area contributed by atoms with Crippen molar-refractivity contribution < 1.29 is 9.53 Å². The average Bonchev–Trinajstić information content (AvgIpc) is 2.84. The average molecular weight is 403 g/mol. The van der Waals surface area contributed by atoms with Crippen molar-refractivity contribution in [2.24, 2.45) is 0 Å². The van der Waals surface area contributed by atoms with E-state index in [1.807, 2.05) is 47.5 Å². The molecule has 1 aromatic heterocycles. The number of piperazine rings is 1. The number of nitrogens with zero attached hydrogens (tertiary/aromatic N) is 5. The number of ether oxygens (including phenoxy) is 1. The molecule has 0 bridgehead atoms. The summed E-state index contributed by atoms with van der Waals surface area (Å²) in [4.78, 5) is 19.4. The van der Waals surface area contributed by atoms with Crippen LogP contribution in [0, 0.1) is 0 Å². The quantitative estimate of drug-likeness (QED) is 0.669. The van der Waals surface area contributed by atoms with E-state index in [9.17, 15) is 4.79 Å². The van der Waals surface area contributed by atoms with E-state index < -0.39 is 0 Å². The highest BCUT2D eigenvalue weighted by molar-refractivity contribution is 5.98. The van der Waals surface area contributed by atoms with Crippen molar-refractivity contribution in [1.82, 2.24) is 15.1 Å². The van der Waals surface area contributed by atoms with Gasteiger partial charge < -0.3 is 19.4 Å². The number of morpholine rings is 1. The summed E-state index contributed by atoms with van der Waals surface area (Å²) in [5.74, 6) is 0.963. The van der Waals surface area contributed by atoms with Gasteiger partial charge in [-0.3, -0.25) is 4.79 Å². The molecule has 7 nitrogen and oxygen atoms in total. The fourth-order valence-corrected chi connectivity index (χ4v) is 4.14. The van der Waals surface area contributed by atoms with Crippen molar-refractivity contribution in [2.75, 3.05) is 62.3 Å². The minimum atomic E-state index is 0.0913. The molecule has 2 aliphatic rings. The second-order valence-electron chi connectivity index (χ2n) is 7.71. The van der Waals surface area contributed by atoms with E-state index in [0.717, 1.165) is 67.2 Å². The van der Waals surface area contributed by atoms with E-state index in [2.05, 4.69) is 32.1 Å². The molecule has 2 aromatic carbocycles. The third-order valence-electron chi connectivity index (χ3n) is 5.89. The van der Waals surface area contributed by atoms with Crippen LogP contribution in [0.3, 0.4) is 0 Å². The number of amides is 1. The first kappa shape index (κ1) is 18.8. The Balaban J connectivity index is 1.25. The summed E-state index contributed by atoms with van der Waals surface area (Å²) in [6, 6.07) is 16.2. The number of fused-ring (bicyclic) bond motifs is 1. The molecule has 0 aliphatic carbocycles. The minimum Gasteiger partial charge on any atom is -0.378 e. The number of rotatable bonds is 3. The third-order valence-corrected chi connectivity index (χ3v) is 5.89. The molecule has 0 spiro atoms. The summed E-state index contributed by atoms with van der Waals surface area (Å²) < 4.78 is 5.44. The fourth-order valence-electron chi connectivity index (χ4n) is 4.14. The molecule has 0 radical (unpaired) electrons. The van der Waals surface area contributed by atoms with E-state index in [0.29, 0.717) is 13.1 Å². The molecular weight excluding hydrogens is 378 g/mol. The molecule has 0 N–H and O–H groups in total. The summed E-state index contributed by atoms with van der Waals surface area (Å²) in [5, 5.41) is 10.8. The van der Waals surface area contributed by atoms with Crippen LogP contribution in [-0.2, 0) is 4.74 Å². The Morgan fingerprint density at radius 3 is 2.40 bits per heavy atom. The fraction of sp³-hybridized carbons (Fsp3) is 0.348. The lowest BCUT2D eigenvalue weighted by molar-refractivity contribution is 0.0746. The van der Waals surface area contributed by atoms with Gasteiger partial charge in [0.1, 0.15) is 0 Å². The van der Waals surface area contributed by atoms with Crippen LogP contribution in [0.4, 0.5) is 11.5 Å². The topological polar surface area (TPSA) is 61.8 Å². The number of hydrogen-bond acceptors (Lipinski definition) is 6. The van der Waals surface area contributed by atoms with Gasteiger partial charge in [-0.05, 0) is 22.9 Å². The molecule has 154 valence electrons. The minimum absolute atomic E-state index is 0.0913. The van der Waals surface area contributed by atoms with Crippen LogP contribution in [-0.4, -0.2) is 73.5 Å². The Morgan fingerprint density at radius 2 is 1.60 bits per heavy atom. The molecule has 0 atom stereocenters. The maximum Gasteiger partial charge on any atom is 0.253 e. The molecule has 2 aliphatic heterocycles. The van der Waals surface area contributed by atoms with Crippen LogP contribution < -0.4 is 9.80 Å². The molecule has 0 saturated carbocycles.